The van der Waals surface area contributed by atoms with E-state index in [4.69, 9.17) is 0 Å². The molecular weight excluding hydrogens is 273 g/mol. The molecule has 0 aliphatic heterocycles. The van der Waals surface area contributed by atoms with E-state index in [-0.39, 0.29) is 5.82 Å². The van der Waals surface area contributed by atoms with Crippen LogP contribution in [0.4, 0.5) is 10.1 Å². The van der Waals surface area contributed by atoms with Crippen LogP contribution in [0, 0.1) is 11.7 Å². The van der Waals surface area contributed by atoms with Crippen molar-refractivity contribution in [2.75, 3.05) is 5.32 Å². The second-order valence-electron chi connectivity index (χ2n) is 6.62. The zero-order valence-corrected chi connectivity index (χ0v) is 14.0. The largest absolute Gasteiger partial charge is 0.379 e. The Morgan fingerprint density at radius 1 is 1.00 bits per heavy atom. The first-order valence-corrected chi connectivity index (χ1v) is 8.07. The van der Waals surface area contributed by atoms with Crippen LogP contribution in [0.3, 0.4) is 0 Å². The second kappa shape index (κ2) is 7.44. The van der Waals surface area contributed by atoms with E-state index in [0.29, 0.717) is 24.1 Å². The standard InChI is InChI=1S/C20H26FN/c1-14(2)10-17-11-19(21)20(12-18(17)15(3)4)22-13-16-8-6-5-7-9-16/h5-9,11-12,14-15,22H,10,13H2,1-4H3. The minimum absolute atomic E-state index is 0.156. The predicted octanol–water partition coefficient (Wildman–Crippen LogP) is 5.76. The van der Waals surface area contributed by atoms with Crippen molar-refractivity contribution in [2.45, 2.75) is 46.6 Å². The molecule has 0 unspecified atom stereocenters. The van der Waals surface area contributed by atoms with Gasteiger partial charge in [0.2, 0.25) is 0 Å². The van der Waals surface area contributed by atoms with Gasteiger partial charge in [-0.05, 0) is 47.1 Å². The van der Waals surface area contributed by atoms with Crippen LogP contribution < -0.4 is 5.32 Å². The molecule has 2 aromatic rings. The second-order valence-corrected chi connectivity index (χ2v) is 6.62. The molecule has 22 heavy (non-hydrogen) atoms. The van der Waals surface area contributed by atoms with Gasteiger partial charge in [-0.15, -0.1) is 0 Å². The van der Waals surface area contributed by atoms with Crippen LogP contribution in [-0.4, -0.2) is 0 Å². The highest BCUT2D eigenvalue weighted by molar-refractivity contribution is 5.51. The number of hydrogen-bond donors (Lipinski definition) is 1. The summed E-state index contributed by atoms with van der Waals surface area (Å²) in [7, 11) is 0. The van der Waals surface area contributed by atoms with Crippen LogP contribution in [0.25, 0.3) is 0 Å². The lowest BCUT2D eigenvalue weighted by Gasteiger charge is -2.18. The molecule has 0 atom stereocenters. The van der Waals surface area contributed by atoms with E-state index in [1.807, 2.05) is 36.4 Å². The first-order chi connectivity index (χ1) is 10.5. The number of anilines is 1. The summed E-state index contributed by atoms with van der Waals surface area (Å²) in [6.45, 7) is 9.31. The van der Waals surface area contributed by atoms with Crippen molar-refractivity contribution in [3.8, 4) is 0 Å². The Morgan fingerprint density at radius 3 is 2.27 bits per heavy atom. The third kappa shape index (κ3) is 4.33. The van der Waals surface area contributed by atoms with Crippen LogP contribution in [-0.2, 0) is 13.0 Å². The number of benzene rings is 2. The Balaban J connectivity index is 2.22. The highest BCUT2D eigenvalue weighted by atomic mass is 19.1. The van der Waals surface area contributed by atoms with Crippen LogP contribution in [0.1, 0.15) is 50.3 Å². The number of rotatable bonds is 6. The summed E-state index contributed by atoms with van der Waals surface area (Å²) in [5.41, 5.74) is 4.12. The van der Waals surface area contributed by atoms with Gasteiger partial charge in [0.1, 0.15) is 5.82 Å². The fourth-order valence-corrected chi connectivity index (χ4v) is 2.71. The Labute approximate surface area is 133 Å². The van der Waals surface area contributed by atoms with Gasteiger partial charge < -0.3 is 5.32 Å². The van der Waals surface area contributed by atoms with Crippen molar-refractivity contribution < 1.29 is 4.39 Å². The van der Waals surface area contributed by atoms with E-state index in [1.54, 1.807) is 6.07 Å². The van der Waals surface area contributed by atoms with Crippen LogP contribution in [0.15, 0.2) is 42.5 Å². The monoisotopic (exact) mass is 299 g/mol. The average molecular weight is 299 g/mol. The molecule has 2 rings (SSSR count). The molecule has 1 nitrogen and oxygen atoms in total. The highest BCUT2D eigenvalue weighted by Gasteiger charge is 2.13. The zero-order chi connectivity index (χ0) is 16.1. The zero-order valence-electron chi connectivity index (χ0n) is 14.0. The number of hydrogen-bond acceptors (Lipinski definition) is 1. The van der Waals surface area contributed by atoms with E-state index >= 15 is 0 Å². The molecule has 118 valence electrons. The average Bonchev–Trinajstić information content (AvgIpc) is 2.46. The highest BCUT2D eigenvalue weighted by Crippen LogP contribution is 2.28. The van der Waals surface area contributed by atoms with E-state index in [9.17, 15) is 4.39 Å². The molecule has 0 aliphatic carbocycles. The molecule has 0 aliphatic rings. The van der Waals surface area contributed by atoms with E-state index in [2.05, 4.69) is 33.0 Å². The van der Waals surface area contributed by atoms with Crippen molar-refractivity contribution in [3.05, 3.63) is 65.0 Å². The quantitative estimate of drug-likeness (QED) is 0.715. The van der Waals surface area contributed by atoms with Gasteiger partial charge in [-0.25, -0.2) is 4.39 Å². The van der Waals surface area contributed by atoms with Gasteiger partial charge in [0.25, 0.3) is 0 Å². The van der Waals surface area contributed by atoms with E-state index in [0.717, 1.165) is 17.5 Å². The maximum absolute atomic E-state index is 14.4. The van der Waals surface area contributed by atoms with Crippen LogP contribution >= 0.6 is 0 Å². The van der Waals surface area contributed by atoms with E-state index in [1.165, 1.54) is 5.56 Å². The smallest absolute Gasteiger partial charge is 0.146 e. The van der Waals surface area contributed by atoms with Gasteiger partial charge in [0.05, 0.1) is 5.69 Å². The molecule has 0 aromatic heterocycles. The molecule has 0 bridgehead atoms. The van der Waals surface area contributed by atoms with Gasteiger partial charge >= 0.3 is 0 Å². The molecule has 0 heterocycles. The van der Waals surface area contributed by atoms with Gasteiger partial charge in [-0.3, -0.25) is 0 Å². The maximum Gasteiger partial charge on any atom is 0.146 e. The van der Waals surface area contributed by atoms with Crippen molar-refractivity contribution >= 4 is 5.69 Å². The number of nitrogens with one attached hydrogen (secondary N) is 1. The van der Waals surface area contributed by atoms with Crippen molar-refractivity contribution in [2.24, 2.45) is 5.92 Å². The topological polar surface area (TPSA) is 12.0 Å². The minimum Gasteiger partial charge on any atom is -0.379 e. The summed E-state index contributed by atoms with van der Waals surface area (Å²) in [6.07, 6.45) is 0.920. The summed E-state index contributed by atoms with van der Waals surface area (Å²) < 4.78 is 14.4. The third-order valence-corrected chi connectivity index (χ3v) is 3.80. The number of halogens is 1. The molecule has 0 radical (unpaired) electrons. The Bertz CT molecular complexity index is 603. The van der Waals surface area contributed by atoms with Crippen molar-refractivity contribution in [3.63, 3.8) is 0 Å². The van der Waals surface area contributed by atoms with Gasteiger partial charge in [-0.2, -0.15) is 0 Å². The first kappa shape index (κ1) is 16.5. The normalized spacial score (nSPS) is 11.2. The van der Waals surface area contributed by atoms with Crippen molar-refractivity contribution in [1.29, 1.82) is 0 Å². The molecule has 0 saturated heterocycles. The maximum atomic E-state index is 14.4. The fraction of sp³-hybridized carbons (Fsp3) is 0.400. The van der Waals surface area contributed by atoms with Gasteiger partial charge in [-0.1, -0.05) is 58.0 Å². The fourth-order valence-electron chi connectivity index (χ4n) is 2.71. The molecule has 0 spiro atoms. The molecular formula is C20H26FN. The summed E-state index contributed by atoms with van der Waals surface area (Å²) in [5.74, 6) is 0.766. The minimum atomic E-state index is -0.156. The summed E-state index contributed by atoms with van der Waals surface area (Å²) in [5, 5.41) is 3.23. The predicted molar refractivity (Wildman–Crippen MR) is 92.8 cm³/mol. The van der Waals surface area contributed by atoms with E-state index < -0.39 is 0 Å². The molecule has 0 fully saturated rings. The molecule has 1 N–H and O–H groups in total. The van der Waals surface area contributed by atoms with Gasteiger partial charge in [0.15, 0.2) is 0 Å². The lowest BCUT2D eigenvalue weighted by Crippen LogP contribution is -2.07. The first-order valence-electron chi connectivity index (χ1n) is 8.07. The lowest BCUT2D eigenvalue weighted by molar-refractivity contribution is 0.608. The lowest BCUT2D eigenvalue weighted by atomic mass is 9.91. The molecule has 0 amide bonds. The molecule has 2 heteroatoms. The van der Waals surface area contributed by atoms with Crippen molar-refractivity contribution in [1.82, 2.24) is 0 Å². The molecule has 0 saturated carbocycles. The third-order valence-electron chi connectivity index (χ3n) is 3.80. The van der Waals surface area contributed by atoms with Gasteiger partial charge in [0, 0.05) is 6.54 Å². The van der Waals surface area contributed by atoms with Crippen LogP contribution in [0.5, 0.6) is 0 Å². The van der Waals surface area contributed by atoms with Crippen LogP contribution in [0.2, 0.25) is 0 Å². The summed E-state index contributed by atoms with van der Waals surface area (Å²) in [4.78, 5) is 0. The molecule has 2 aromatic carbocycles. The Kier molecular flexibility index (Phi) is 5.59. The summed E-state index contributed by atoms with van der Waals surface area (Å²) in [6, 6.07) is 13.8. The SMILES string of the molecule is CC(C)Cc1cc(F)c(NCc2ccccc2)cc1C(C)C. The Hall–Kier alpha value is -1.83. The summed E-state index contributed by atoms with van der Waals surface area (Å²) >= 11 is 0. The Morgan fingerprint density at radius 2 is 1.68 bits per heavy atom.